The van der Waals surface area contributed by atoms with Gasteiger partial charge in [-0.15, -0.1) is 0 Å². The fourth-order valence-corrected chi connectivity index (χ4v) is 4.16. The zero-order chi connectivity index (χ0) is 14.8. The molecule has 0 radical (unpaired) electrons. The second-order valence-corrected chi connectivity index (χ2v) is 7.06. The molecule has 3 atom stereocenters. The van der Waals surface area contributed by atoms with Crippen LogP contribution in [0.15, 0.2) is 16.6 Å². The molecule has 0 amide bonds. The molecule has 21 heavy (non-hydrogen) atoms. The minimum Gasteiger partial charge on any atom is -0.377 e. The van der Waals surface area contributed by atoms with Crippen LogP contribution in [0.5, 0.6) is 0 Å². The first kappa shape index (κ1) is 15.2. The minimum absolute atomic E-state index is 0.0214. The second-order valence-electron chi connectivity index (χ2n) is 6.15. The Labute approximate surface area is 132 Å². The van der Waals surface area contributed by atoms with Crippen LogP contribution in [0.25, 0.3) is 0 Å². The Morgan fingerprint density at radius 2 is 1.76 bits per heavy atom. The molecule has 0 bridgehead atoms. The highest BCUT2D eigenvalue weighted by atomic mass is 79.9. The zero-order valence-electron chi connectivity index (χ0n) is 12.0. The molecule has 3 rings (SSSR count). The summed E-state index contributed by atoms with van der Waals surface area (Å²) in [6, 6.07) is 3.28. The Balaban J connectivity index is 1.78. The number of halogens is 3. The summed E-state index contributed by atoms with van der Waals surface area (Å²) in [6.07, 6.45) is 6.84. The number of hydrogen-bond acceptors (Lipinski definition) is 2. The van der Waals surface area contributed by atoms with E-state index in [0.717, 1.165) is 25.8 Å². The van der Waals surface area contributed by atoms with Crippen LogP contribution in [0, 0.1) is 17.6 Å². The molecule has 1 aromatic carbocycles. The highest BCUT2D eigenvalue weighted by Gasteiger charge is 2.34. The Bertz CT molecular complexity index is 480. The van der Waals surface area contributed by atoms with Gasteiger partial charge in [0.25, 0.3) is 0 Å². The van der Waals surface area contributed by atoms with Gasteiger partial charge in [-0.2, -0.15) is 0 Å². The molecule has 1 aromatic rings. The summed E-state index contributed by atoms with van der Waals surface area (Å²) in [6.45, 7) is 1.06. The molecular weight excluding hydrogens is 338 g/mol. The fourth-order valence-electron chi connectivity index (χ4n) is 3.76. The van der Waals surface area contributed by atoms with E-state index >= 15 is 0 Å². The molecule has 3 unspecified atom stereocenters. The van der Waals surface area contributed by atoms with E-state index in [1.807, 2.05) is 0 Å². The lowest BCUT2D eigenvalue weighted by Gasteiger charge is -2.37. The first-order chi connectivity index (χ1) is 10.1. The number of anilines is 1. The Kier molecular flexibility index (Phi) is 4.79. The average Bonchev–Trinajstić information content (AvgIpc) is 2.97. The zero-order valence-corrected chi connectivity index (χ0v) is 13.6. The van der Waals surface area contributed by atoms with E-state index in [2.05, 4.69) is 26.6 Å². The lowest BCUT2D eigenvalue weighted by atomic mass is 9.79. The van der Waals surface area contributed by atoms with Crippen molar-refractivity contribution in [3.05, 3.63) is 28.2 Å². The number of rotatable bonds is 3. The largest absolute Gasteiger partial charge is 0.377 e. The van der Waals surface area contributed by atoms with Crippen molar-refractivity contribution in [2.75, 3.05) is 11.9 Å². The summed E-state index contributed by atoms with van der Waals surface area (Å²) in [5.74, 6) is -0.583. The van der Waals surface area contributed by atoms with E-state index < -0.39 is 11.6 Å². The monoisotopic (exact) mass is 358 g/mol. The van der Waals surface area contributed by atoms with Crippen molar-refractivity contribution < 1.29 is 8.78 Å². The highest BCUT2D eigenvalue weighted by molar-refractivity contribution is 9.10. The van der Waals surface area contributed by atoms with Crippen molar-refractivity contribution in [3.63, 3.8) is 0 Å². The Morgan fingerprint density at radius 3 is 2.43 bits per heavy atom. The van der Waals surface area contributed by atoms with Gasteiger partial charge in [0.05, 0.1) is 0 Å². The van der Waals surface area contributed by atoms with E-state index in [4.69, 9.17) is 0 Å². The van der Waals surface area contributed by atoms with Crippen LogP contribution in [0.2, 0.25) is 0 Å². The first-order valence-corrected chi connectivity index (χ1v) is 8.59. The van der Waals surface area contributed by atoms with E-state index in [-0.39, 0.29) is 11.7 Å². The SMILES string of the molecule is Fc1cc(Br)cc(F)c1NC1CCCCC1C1CCCN1. The molecule has 0 spiro atoms. The molecule has 1 saturated carbocycles. The van der Waals surface area contributed by atoms with Gasteiger partial charge in [-0.3, -0.25) is 0 Å². The summed E-state index contributed by atoms with van der Waals surface area (Å²) >= 11 is 3.12. The van der Waals surface area contributed by atoms with Crippen LogP contribution in [0.1, 0.15) is 38.5 Å². The van der Waals surface area contributed by atoms with Crippen molar-refractivity contribution >= 4 is 21.6 Å². The van der Waals surface area contributed by atoms with Gasteiger partial charge in [0.1, 0.15) is 17.3 Å². The summed E-state index contributed by atoms with van der Waals surface area (Å²) in [4.78, 5) is 0. The smallest absolute Gasteiger partial charge is 0.150 e. The molecule has 2 fully saturated rings. The standard InChI is InChI=1S/C16H21BrF2N2/c17-10-8-12(18)16(13(19)9-10)21-15-5-2-1-4-11(15)14-6-3-7-20-14/h8-9,11,14-15,20-21H,1-7H2. The molecule has 5 heteroatoms. The molecule has 1 heterocycles. The van der Waals surface area contributed by atoms with Crippen molar-refractivity contribution in [3.8, 4) is 0 Å². The van der Waals surface area contributed by atoms with Gasteiger partial charge < -0.3 is 10.6 Å². The third-order valence-corrected chi connectivity index (χ3v) is 5.23. The van der Waals surface area contributed by atoms with E-state index in [0.29, 0.717) is 16.4 Å². The van der Waals surface area contributed by atoms with Crippen LogP contribution in [0.3, 0.4) is 0 Å². The summed E-state index contributed by atoms with van der Waals surface area (Å²) < 4.78 is 28.5. The molecule has 1 aliphatic heterocycles. The van der Waals surface area contributed by atoms with Gasteiger partial charge in [0, 0.05) is 16.6 Å². The molecule has 0 aromatic heterocycles. The summed E-state index contributed by atoms with van der Waals surface area (Å²) in [7, 11) is 0. The molecule has 2 aliphatic rings. The fraction of sp³-hybridized carbons (Fsp3) is 0.625. The molecule has 2 N–H and O–H groups in total. The lowest BCUT2D eigenvalue weighted by Crippen LogP contribution is -2.43. The lowest BCUT2D eigenvalue weighted by molar-refractivity contribution is 0.262. The average molecular weight is 359 g/mol. The van der Waals surface area contributed by atoms with E-state index in [1.165, 1.54) is 31.4 Å². The van der Waals surface area contributed by atoms with Gasteiger partial charge in [-0.05, 0) is 50.3 Å². The van der Waals surface area contributed by atoms with Crippen LogP contribution in [0.4, 0.5) is 14.5 Å². The van der Waals surface area contributed by atoms with Crippen molar-refractivity contribution in [2.24, 2.45) is 5.92 Å². The summed E-state index contributed by atoms with van der Waals surface area (Å²) in [5.41, 5.74) is 0.0214. The first-order valence-electron chi connectivity index (χ1n) is 7.79. The molecular formula is C16H21BrF2N2. The van der Waals surface area contributed by atoms with Gasteiger partial charge in [-0.1, -0.05) is 28.8 Å². The maximum absolute atomic E-state index is 14.0. The molecule has 1 aliphatic carbocycles. The van der Waals surface area contributed by atoms with Gasteiger partial charge in [-0.25, -0.2) is 8.78 Å². The molecule has 1 saturated heterocycles. The number of benzene rings is 1. The molecule has 2 nitrogen and oxygen atoms in total. The predicted molar refractivity (Wildman–Crippen MR) is 84.5 cm³/mol. The third-order valence-electron chi connectivity index (χ3n) is 4.77. The Morgan fingerprint density at radius 1 is 1.05 bits per heavy atom. The maximum Gasteiger partial charge on any atom is 0.150 e. The number of nitrogens with one attached hydrogen (secondary N) is 2. The Hall–Kier alpha value is -0.680. The minimum atomic E-state index is -0.523. The van der Waals surface area contributed by atoms with Gasteiger partial charge in [0.2, 0.25) is 0 Å². The van der Waals surface area contributed by atoms with Crippen molar-refractivity contribution in [2.45, 2.75) is 50.6 Å². The second kappa shape index (κ2) is 6.61. The van der Waals surface area contributed by atoms with Crippen molar-refractivity contribution in [1.82, 2.24) is 5.32 Å². The van der Waals surface area contributed by atoms with Gasteiger partial charge >= 0.3 is 0 Å². The van der Waals surface area contributed by atoms with Crippen LogP contribution in [-0.2, 0) is 0 Å². The van der Waals surface area contributed by atoms with E-state index in [1.54, 1.807) is 0 Å². The topological polar surface area (TPSA) is 24.1 Å². The number of hydrogen-bond donors (Lipinski definition) is 2. The van der Waals surface area contributed by atoms with Crippen LogP contribution in [-0.4, -0.2) is 18.6 Å². The van der Waals surface area contributed by atoms with Gasteiger partial charge in [0.15, 0.2) is 0 Å². The van der Waals surface area contributed by atoms with Crippen LogP contribution < -0.4 is 10.6 Å². The van der Waals surface area contributed by atoms with Crippen LogP contribution >= 0.6 is 15.9 Å². The predicted octanol–water partition coefficient (Wildman–Crippen LogP) is 4.45. The van der Waals surface area contributed by atoms with Crippen molar-refractivity contribution in [1.29, 1.82) is 0 Å². The normalized spacial score (nSPS) is 29.6. The quantitative estimate of drug-likeness (QED) is 0.833. The maximum atomic E-state index is 14.0. The third kappa shape index (κ3) is 3.39. The summed E-state index contributed by atoms with van der Waals surface area (Å²) in [5, 5.41) is 6.71. The highest BCUT2D eigenvalue weighted by Crippen LogP contribution is 2.34. The molecule has 116 valence electrons. The van der Waals surface area contributed by atoms with E-state index in [9.17, 15) is 8.78 Å².